The number of anilines is 1. The molecule has 0 unspecified atom stereocenters. The summed E-state index contributed by atoms with van der Waals surface area (Å²) in [5, 5.41) is 11.5. The van der Waals surface area contributed by atoms with Crippen LogP contribution in [0, 0.1) is 0 Å². The molecule has 6 heteroatoms. The second kappa shape index (κ2) is 6.00. The van der Waals surface area contributed by atoms with E-state index in [0.29, 0.717) is 12.3 Å². The van der Waals surface area contributed by atoms with E-state index in [9.17, 15) is 0 Å². The van der Waals surface area contributed by atoms with Crippen LogP contribution in [0.4, 0.5) is 5.69 Å². The predicted molar refractivity (Wildman–Crippen MR) is 67.9 cm³/mol. The molecular weight excluding hydrogens is 230 g/mol. The second-order valence-electron chi connectivity index (χ2n) is 4.03. The first kappa shape index (κ1) is 12.3. The SMILES string of the molecule is CCCCn1nnnc1COc1cccc(N)c1. The van der Waals surface area contributed by atoms with Gasteiger partial charge in [0.05, 0.1) is 0 Å². The van der Waals surface area contributed by atoms with Crippen molar-refractivity contribution < 1.29 is 4.74 Å². The summed E-state index contributed by atoms with van der Waals surface area (Å²) in [4.78, 5) is 0. The molecule has 1 heterocycles. The maximum Gasteiger partial charge on any atom is 0.189 e. The van der Waals surface area contributed by atoms with Crippen LogP contribution >= 0.6 is 0 Å². The highest BCUT2D eigenvalue weighted by atomic mass is 16.5. The number of unbranched alkanes of at least 4 members (excludes halogenated alkanes) is 1. The van der Waals surface area contributed by atoms with Crippen LogP contribution in [-0.2, 0) is 13.2 Å². The number of tetrazole rings is 1. The van der Waals surface area contributed by atoms with Gasteiger partial charge in [0.2, 0.25) is 0 Å². The number of hydrogen-bond acceptors (Lipinski definition) is 5. The van der Waals surface area contributed by atoms with Gasteiger partial charge < -0.3 is 10.5 Å². The topological polar surface area (TPSA) is 78.8 Å². The lowest BCUT2D eigenvalue weighted by Crippen LogP contribution is -2.09. The van der Waals surface area contributed by atoms with Crippen molar-refractivity contribution in [3.8, 4) is 5.75 Å². The summed E-state index contributed by atoms with van der Waals surface area (Å²) in [6.07, 6.45) is 2.16. The maximum atomic E-state index is 5.68. The smallest absolute Gasteiger partial charge is 0.189 e. The highest BCUT2D eigenvalue weighted by molar-refractivity contribution is 5.43. The lowest BCUT2D eigenvalue weighted by Gasteiger charge is -2.07. The monoisotopic (exact) mass is 247 g/mol. The minimum atomic E-state index is 0.347. The molecule has 1 aromatic heterocycles. The molecule has 0 aliphatic carbocycles. The Morgan fingerprint density at radius 1 is 1.39 bits per heavy atom. The van der Waals surface area contributed by atoms with E-state index in [4.69, 9.17) is 10.5 Å². The average Bonchev–Trinajstić information content (AvgIpc) is 2.81. The quantitative estimate of drug-likeness (QED) is 0.785. The summed E-state index contributed by atoms with van der Waals surface area (Å²) in [6.45, 7) is 3.30. The van der Waals surface area contributed by atoms with E-state index in [1.165, 1.54) is 0 Å². The van der Waals surface area contributed by atoms with E-state index in [1.54, 1.807) is 10.7 Å². The Balaban J connectivity index is 1.95. The second-order valence-corrected chi connectivity index (χ2v) is 4.03. The number of aryl methyl sites for hydroxylation is 1. The lowest BCUT2D eigenvalue weighted by molar-refractivity contribution is 0.286. The van der Waals surface area contributed by atoms with Crippen LogP contribution in [0.3, 0.4) is 0 Å². The highest BCUT2D eigenvalue weighted by Gasteiger charge is 2.06. The van der Waals surface area contributed by atoms with Crippen molar-refractivity contribution in [1.82, 2.24) is 20.2 Å². The fourth-order valence-corrected chi connectivity index (χ4v) is 1.56. The van der Waals surface area contributed by atoms with Crippen LogP contribution in [0.2, 0.25) is 0 Å². The van der Waals surface area contributed by atoms with Gasteiger partial charge in [-0.15, -0.1) is 5.10 Å². The molecule has 6 nitrogen and oxygen atoms in total. The molecule has 0 fully saturated rings. The van der Waals surface area contributed by atoms with Crippen LogP contribution < -0.4 is 10.5 Å². The summed E-state index contributed by atoms with van der Waals surface area (Å²) in [6, 6.07) is 7.31. The molecule has 2 rings (SSSR count). The van der Waals surface area contributed by atoms with Gasteiger partial charge in [-0.3, -0.25) is 0 Å². The summed E-state index contributed by atoms with van der Waals surface area (Å²) in [5.74, 6) is 1.45. The van der Waals surface area contributed by atoms with Crippen molar-refractivity contribution in [2.75, 3.05) is 5.73 Å². The van der Waals surface area contributed by atoms with Crippen molar-refractivity contribution in [3.05, 3.63) is 30.1 Å². The first-order valence-electron chi connectivity index (χ1n) is 6.03. The van der Waals surface area contributed by atoms with Crippen LogP contribution in [-0.4, -0.2) is 20.2 Å². The number of benzene rings is 1. The Bertz CT molecular complexity index is 497. The molecule has 0 spiro atoms. The Kier molecular flexibility index (Phi) is 4.11. The first-order chi connectivity index (χ1) is 8.79. The standard InChI is InChI=1S/C12H17N5O/c1-2-3-7-17-12(14-15-16-17)9-18-11-6-4-5-10(13)8-11/h4-6,8H,2-3,7,9,13H2,1H3. The average molecular weight is 247 g/mol. The molecule has 0 radical (unpaired) electrons. The summed E-state index contributed by atoms with van der Waals surface area (Å²) in [7, 11) is 0. The lowest BCUT2D eigenvalue weighted by atomic mass is 10.3. The fourth-order valence-electron chi connectivity index (χ4n) is 1.56. The van der Waals surface area contributed by atoms with Crippen LogP contribution in [0.15, 0.2) is 24.3 Å². The molecule has 0 aliphatic rings. The first-order valence-corrected chi connectivity index (χ1v) is 6.03. The van der Waals surface area contributed by atoms with Crippen LogP contribution in [0.25, 0.3) is 0 Å². The largest absolute Gasteiger partial charge is 0.485 e. The predicted octanol–water partition coefficient (Wildman–Crippen LogP) is 1.63. The summed E-state index contributed by atoms with van der Waals surface area (Å²) in [5.41, 5.74) is 6.36. The number of hydrogen-bond donors (Lipinski definition) is 1. The Hall–Kier alpha value is -2.11. The Morgan fingerprint density at radius 3 is 3.06 bits per heavy atom. The molecule has 0 saturated carbocycles. The molecule has 0 saturated heterocycles. The van der Waals surface area contributed by atoms with E-state index >= 15 is 0 Å². The Morgan fingerprint density at radius 2 is 2.28 bits per heavy atom. The zero-order valence-corrected chi connectivity index (χ0v) is 10.4. The van der Waals surface area contributed by atoms with Crippen molar-refractivity contribution in [3.63, 3.8) is 0 Å². The number of aromatic nitrogens is 4. The number of nitrogens with two attached hydrogens (primary N) is 1. The van der Waals surface area contributed by atoms with Gasteiger partial charge in [0.1, 0.15) is 12.4 Å². The van der Waals surface area contributed by atoms with Crippen LogP contribution in [0.1, 0.15) is 25.6 Å². The van der Waals surface area contributed by atoms with Crippen molar-refractivity contribution in [2.45, 2.75) is 32.9 Å². The number of rotatable bonds is 6. The molecule has 2 N–H and O–H groups in total. The number of nitrogens with zero attached hydrogens (tertiary/aromatic N) is 4. The third kappa shape index (κ3) is 3.19. The molecule has 0 bridgehead atoms. The van der Waals surface area contributed by atoms with Gasteiger partial charge in [0, 0.05) is 18.3 Å². The molecule has 0 aliphatic heterocycles. The molecular formula is C12H17N5O. The minimum Gasteiger partial charge on any atom is -0.485 e. The third-order valence-corrected chi connectivity index (χ3v) is 2.56. The zero-order valence-electron chi connectivity index (χ0n) is 10.4. The maximum absolute atomic E-state index is 5.68. The van der Waals surface area contributed by atoms with E-state index in [-0.39, 0.29) is 0 Å². The van der Waals surface area contributed by atoms with Crippen molar-refractivity contribution in [2.24, 2.45) is 0 Å². The highest BCUT2D eigenvalue weighted by Crippen LogP contribution is 2.15. The van der Waals surface area contributed by atoms with Gasteiger partial charge >= 0.3 is 0 Å². The number of nitrogen functional groups attached to an aromatic ring is 1. The van der Waals surface area contributed by atoms with Gasteiger partial charge in [0.15, 0.2) is 5.82 Å². The molecule has 18 heavy (non-hydrogen) atoms. The molecule has 96 valence electrons. The Labute approximate surface area is 106 Å². The number of ether oxygens (including phenoxy) is 1. The van der Waals surface area contributed by atoms with E-state index in [0.717, 1.165) is 31.0 Å². The van der Waals surface area contributed by atoms with Crippen molar-refractivity contribution >= 4 is 5.69 Å². The van der Waals surface area contributed by atoms with Gasteiger partial charge in [-0.1, -0.05) is 19.4 Å². The van der Waals surface area contributed by atoms with Crippen LogP contribution in [0.5, 0.6) is 5.75 Å². The van der Waals surface area contributed by atoms with Gasteiger partial charge in [-0.25, -0.2) is 4.68 Å². The van der Waals surface area contributed by atoms with E-state index in [1.807, 2.05) is 18.2 Å². The van der Waals surface area contributed by atoms with E-state index in [2.05, 4.69) is 22.4 Å². The zero-order chi connectivity index (χ0) is 12.8. The van der Waals surface area contributed by atoms with Gasteiger partial charge in [-0.2, -0.15) is 0 Å². The van der Waals surface area contributed by atoms with Gasteiger partial charge in [-0.05, 0) is 29.0 Å². The fraction of sp³-hybridized carbons (Fsp3) is 0.417. The molecule has 0 atom stereocenters. The minimum absolute atomic E-state index is 0.347. The van der Waals surface area contributed by atoms with Crippen molar-refractivity contribution in [1.29, 1.82) is 0 Å². The third-order valence-electron chi connectivity index (χ3n) is 2.56. The summed E-state index contributed by atoms with van der Waals surface area (Å²) < 4.78 is 7.38. The molecule has 2 aromatic rings. The normalized spacial score (nSPS) is 10.5. The molecule has 0 amide bonds. The molecule has 1 aromatic carbocycles. The summed E-state index contributed by atoms with van der Waals surface area (Å²) >= 11 is 0. The van der Waals surface area contributed by atoms with Gasteiger partial charge in [0.25, 0.3) is 0 Å². The van der Waals surface area contributed by atoms with E-state index < -0.39 is 0 Å².